The molecule has 0 radical (unpaired) electrons. The van der Waals surface area contributed by atoms with Gasteiger partial charge in [-0.3, -0.25) is 14.6 Å². The third kappa shape index (κ3) is 8.73. The number of piperazine rings is 1. The molecule has 1 amide bonds. The predicted octanol–water partition coefficient (Wildman–Crippen LogP) is 2.96. The SMILES string of the molecule is CCOC(=O)c1ccccc1NC(=O)CN1CCN(Cc2nc(-c3cccs3)cs2)CC1.O=C(O)C(=O)O. The molecular formula is C25H28N4O7S2. The van der Waals surface area contributed by atoms with Crippen LogP contribution in [0, 0.1) is 0 Å². The van der Waals surface area contributed by atoms with Crippen molar-refractivity contribution >= 4 is 52.2 Å². The van der Waals surface area contributed by atoms with Crippen molar-refractivity contribution in [2.24, 2.45) is 0 Å². The van der Waals surface area contributed by atoms with E-state index in [1.807, 2.05) is 6.07 Å². The summed E-state index contributed by atoms with van der Waals surface area (Å²) in [5, 5.41) is 23.0. The molecule has 1 saturated heterocycles. The molecule has 0 saturated carbocycles. The Hall–Kier alpha value is -3.65. The molecule has 1 aliphatic rings. The lowest BCUT2D eigenvalue weighted by molar-refractivity contribution is -0.159. The van der Waals surface area contributed by atoms with Gasteiger partial charge in [0.2, 0.25) is 5.91 Å². The topological polar surface area (TPSA) is 149 Å². The number of benzene rings is 1. The second-order valence-corrected chi connectivity index (χ2v) is 9.97. The summed E-state index contributed by atoms with van der Waals surface area (Å²) >= 11 is 3.41. The maximum Gasteiger partial charge on any atom is 0.414 e. The molecule has 11 nitrogen and oxygen atoms in total. The lowest BCUT2D eigenvalue weighted by atomic mass is 10.2. The number of esters is 1. The van der Waals surface area contributed by atoms with Gasteiger partial charge >= 0.3 is 17.9 Å². The number of carbonyl (C=O) groups excluding carboxylic acids is 2. The third-order valence-corrected chi connectivity index (χ3v) is 7.12. The lowest BCUT2D eigenvalue weighted by Gasteiger charge is -2.33. The Morgan fingerprint density at radius 1 is 0.974 bits per heavy atom. The van der Waals surface area contributed by atoms with E-state index in [1.165, 1.54) is 4.88 Å². The van der Waals surface area contributed by atoms with Gasteiger partial charge in [0, 0.05) is 31.6 Å². The van der Waals surface area contributed by atoms with Gasteiger partial charge < -0.3 is 20.3 Å². The zero-order valence-electron chi connectivity index (χ0n) is 20.7. The first kappa shape index (κ1) is 28.9. The van der Waals surface area contributed by atoms with Gasteiger partial charge in [-0.05, 0) is 30.5 Å². The number of ether oxygens (including phenoxy) is 1. The fourth-order valence-corrected chi connectivity index (χ4v) is 5.19. The quantitative estimate of drug-likeness (QED) is 0.277. The van der Waals surface area contributed by atoms with Gasteiger partial charge in [0.25, 0.3) is 0 Å². The van der Waals surface area contributed by atoms with Crippen LogP contribution in [0.2, 0.25) is 0 Å². The van der Waals surface area contributed by atoms with Crippen molar-refractivity contribution in [1.29, 1.82) is 0 Å². The number of hydrogen-bond acceptors (Lipinski definition) is 10. The van der Waals surface area contributed by atoms with Crippen LogP contribution in [0.5, 0.6) is 0 Å². The highest BCUT2D eigenvalue weighted by molar-refractivity contribution is 7.14. The molecule has 4 rings (SSSR count). The normalized spacial score (nSPS) is 13.7. The van der Waals surface area contributed by atoms with E-state index in [0.29, 0.717) is 24.4 Å². The van der Waals surface area contributed by atoms with Crippen molar-refractivity contribution in [3.05, 3.63) is 57.7 Å². The van der Waals surface area contributed by atoms with Crippen LogP contribution in [0.1, 0.15) is 22.3 Å². The first-order valence-corrected chi connectivity index (χ1v) is 13.5. The minimum atomic E-state index is -1.82. The number of aliphatic carboxylic acids is 2. The molecule has 0 aliphatic carbocycles. The number of aromatic nitrogens is 1. The average molecular weight is 561 g/mol. The molecule has 0 spiro atoms. The van der Waals surface area contributed by atoms with Crippen molar-refractivity contribution in [2.75, 3.05) is 44.6 Å². The molecule has 202 valence electrons. The number of thiophene rings is 1. The maximum absolute atomic E-state index is 12.6. The molecule has 0 bridgehead atoms. The Morgan fingerprint density at radius 2 is 1.66 bits per heavy atom. The van der Waals surface area contributed by atoms with Crippen LogP contribution in [-0.4, -0.2) is 88.1 Å². The number of anilines is 1. The fourth-order valence-electron chi connectivity index (χ4n) is 3.59. The Kier molecular flexibility index (Phi) is 10.9. The van der Waals surface area contributed by atoms with Crippen LogP contribution in [0.4, 0.5) is 5.69 Å². The van der Waals surface area contributed by atoms with Crippen LogP contribution < -0.4 is 5.32 Å². The highest BCUT2D eigenvalue weighted by atomic mass is 32.1. The molecule has 2 aromatic heterocycles. The van der Waals surface area contributed by atoms with Crippen LogP contribution >= 0.6 is 22.7 Å². The summed E-state index contributed by atoms with van der Waals surface area (Å²) in [5.74, 6) is -4.21. The molecule has 1 fully saturated rings. The first-order valence-electron chi connectivity index (χ1n) is 11.7. The lowest BCUT2D eigenvalue weighted by Crippen LogP contribution is -2.48. The molecule has 3 aromatic rings. The van der Waals surface area contributed by atoms with Crippen molar-refractivity contribution < 1.29 is 34.1 Å². The number of thiazole rings is 1. The van der Waals surface area contributed by atoms with Crippen LogP contribution in [0.25, 0.3) is 10.6 Å². The van der Waals surface area contributed by atoms with Crippen molar-refractivity contribution in [3.8, 4) is 10.6 Å². The Labute approximate surface area is 227 Å². The summed E-state index contributed by atoms with van der Waals surface area (Å²) < 4.78 is 5.07. The van der Waals surface area contributed by atoms with Crippen molar-refractivity contribution in [2.45, 2.75) is 13.5 Å². The standard InChI is InChI=1S/C23H26N4O3S2.C2H2O4/c1-2-30-23(29)17-6-3-4-7-18(17)24-21(28)14-26-9-11-27(12-10-26)15-22-25-19(16-32-22)20-8-5-13-31-20;3-1(4)2(5)6/h3-8,13,16H,2,9-12,14-15H2,1H3,(H,24,28);(H,3,4)(H,5,6). The van der Waals surface area contributed by atoms with E-state index < -0.39 is 17.9 Å². The molecule has 3 N–H and O–H groups in total. The third-order valence-electron chi connectivity index (χ3n) is 5.40. The van der Waals surface area contributed by atoms with Crippen LogP contribution in [-0.2, 0) is 25.7 Å². The number of para-hydroxylation sites is 1. The summed E-state index contributed by atoms with van der Waals surface area (Å²) in [6.45, 7) is 6.60. The van der Waals surface area contributed by atoms with Gasteiger partial charge in [0.15, 0.2) is 0 Å². The Bertz CT molecular complexity index is 1230. The second-order valence-electron chi connectivity index (χ2n) is 8.08. The zero-order chi connectivity index (χ0) is 27.5. The predicted molar refractivity (Wildman–Crippen MR) is 143 cm³/mol. The smallest absolute Gasteiger partial charge is 0.414 e. The van der Waals surface area contributed by atoms with Crippen molar-refractivity contribution in [1.82, 2.24) is 14.8 Å². The van der Waals surface area contributed by atoms with E-state index in [1.54, 1.807) is 53.9 Å². The molecule has 0 atom stereocenters. The number of nitrogens with zero attached hydrogens (tertiary/aromatic N) is 3. The number of carboxylic acids is 2. The van der Waals surface area contributed by atoms with E-state index >= 15 is 0 Å². The summed E-state index contributed by atoms with van der Waals surface area (Å²) in [5.41, 5.74) is 1.91. The van der Waals surface area contributed by atoms with E-state index in [4.69, 9.17) is 29.5 Å². The second kappa shape index (κ2) is 14.3. The highest BCUT2D eigenvalue weighted by Gasteiger charge is 2.21. The molecule has 0 unspecified atom stereocenters. The van der Waals surface area contributed by atoms with Gasteiger partial charge in [-0.15, -0.1) is 22.7 Å². The molecule has 3 heterocycles. The maximum atomic E-state index is 12.6. The fraction of sp³-hybridized carbons (Fsp3) is 0.320. The van der Waals surface area contributed by atoms with E-state index in [9.17, 15) is 9.59 Å². The number of carbonyl (C=O) groups is 4. The van der Waals surface area contributed by atoms with Crippen LogP contribution in [0.3, 0.4) is 0 Å². The van der Waals surface area contributed by atoms with Gasteiger partial charge in [0.05, 0.1) is 41.5 Å². The van der Waals surface area contributed by atoms with Gasteiger partial charge in [-0.2, -0.15) is 0 Å². The van der Waals surface area contributed by atoms with E-state index in [-0.39, 0.29) is 5.91 Å². The van der Waals surface area contributed by atoms with Gasteiger partial charge in [-0.25, -0.2) is 19.4 Å². The zero-order valence-corrected chi connectivity index (χ0v) is 22.3. The molecule has 1 aliphatic heterocycles. The summed E-state index contributed by atoms with van der Waals surface area (Å²) in [6, 6.07) is 11.1. The molecule has 38 heavy (non-hydrogen) atoms. The summed E-state index contributed by atoms with van der Waals surface area (Å²) in [4.78, 5) is 53.4. The minimum Gasteiger partial charge on any atom is -0.473 e. The number of amides is 1. The minimum absolute atomic E-state index is 0.129. The largest absolute Gasteiger partial charge is 0.473 e. The summed E-state index contributed by atoms with van der Waals surface area (Å²) in [7, 11) is 0. The Balaban J connectivity index is 0.000000599. The van der Waals surface area contributed by atoms with Crippen LogP contribution in [0.15, 0.2) is 47.2 Å². The molecule has 1 aromatic carbocycles. The number of rotatable bonds is 8. The summed E-state index contributed by atoms with van der Waals surface area (Å²) in [6.07, 6.45) is 0. The first-order chi connectivity index (χ1) is 18.3. The van der Waals surface area contributed by atoms with Crippen molar-refractivity contribution in [3.63, 3.8) is 0 Å². The van der Waals surface area contributed by atoms with Gasteiger partial charge in [-0.1, -0.05) is 18.2 Å². The highest BCUT2D eigenvalue weighted by Crippen LogP contribution is 2.26. The van der Waals surface area contributed by atoms with E-state index in [2.05, 4.69) is 31.9 Å². The monoisotopic (exact) mass is 560 g/mol. The van der Waals surface area contributed by atoms with E-state index in [0.717, 1.165) is 43.4 Å². The average Bonchev–Trinajstić information content (AvgIpc) is 3.58. The molecule has 13 heteroatoms. The molecular weight excluding hydrogens is 532 g/mol. The number of carboxylic acid groups (broad SMARTS) is 2. The number of hydrogen-bond donors (Lipinski definition) is 3. The van der Waals surface area contributed by atoms with Gasteiger partial charge in [0.1, 0.15) is 5.01 Å². The number of nitrogens with one attached hydrogen (secondary N) is 1. The Morgan fingerprint density at radius 3 is 2.29 bits per heavy atom.